The lowest BCUT2D eigenvalue weighted by Crippen LogP contribution is -2.25. The molecule has 1 aliphatic heterocycles. The second kappa shape index (κ2) is 7.81. The maximum Gasteiger partial charge on any atom is 0.410 e. The van der Waals surface area contributed by atoms with Gasteiger partial charge in [0, 0.05) is 12.1 Å². The molecule has 130 valence electrons. The highest BCUT2D eigenvalue weighted by Gasteiger charge is 2.31. The van der Waals surface area contributed by atoms with Crippen LogP contribution in [0.1, 0.15) is 21.5 Å². The molecule has 6 nitrogen and oxygen atoms in total. The van der Waals surface area contributed by atoms with Crippen LogP contribution in [-0.2, 0) is 22.6 Å². The van der Waals surface area contributed by atoms with Crippen molar-refractivity contribution in [2.45, 2.75) is 19.3 Å². The topological polar surface area (TPSA) is 81.9 Å². The lowest BCUT2D eigenvalue weighted by atomic mass is 10.1. The molecule has 3 rings (SSSR count). The molecule has 0 spiro atoms. The Bertz CT molecular complexity index is 748. The first-order chi connectivity index (χ1) is 12.1. The highest BCUT2D eigenvalue weighted by Crippen LogP contribution is 2.16. The average molecular weight is 340 g/mol. The summed E-state index contributed by atoms with van der Waals surface area (Å²) in [6.07, 6.45) is -0.622. The van der Waals surface area contributed by atoms with Gasteiger partial charge in [0.25, 0.3) is 0 Å². The predicted octanol–water partition coefficient (Wildman–Crippen LogP) is 2.32. The van der Waals surface area contributed by atoms with Gasteiger partial charge in [-0.2, -0.15) is 0 Å². The molecule has 2 aromatic carbocycles. The van der Waals surface area contributed by atoms with Crippen molar-refractivity contribution >= 4 is 12.0 Å². The number of carbonyl (C=O) groups is 2. The van der Waals surface area contributed by atoms with E-state index < -0.39 is 5.91 Å². The summed E-state index contributed by atoms with van der Waals surface area (Å²) in [5.41, 5.74) is 7.62. The van der Waals surface area contributed by atoms with E-state index in [0.29, 0.717) is 31.9 Å². The van der Waals surface area contributed by atoms with E-state index >= 15 is 0 Å². The number of benzene rings is 2. The lowest BCUT2D eigenvalue weighted by molar-refractivity contribution is 0.0380. The predicted molar refractivity (Wildman–Crippen MR) is 91.7 cm³/mol. The molecule has 25 heavy (non-hydrogen) atoms. The minimum Gasteiger partial charge on any atom is -0.442 e. The van der Waals surface area contributed by atoms with Gasteiger partial charge >= 0.3 is 6.09 Å². The van der Waals surface area contributed by atoms with E-state index in [0.717, 1.165) is 11.1 Å². The fraction of sp³-hybridized carbons (Fsp3) is 0.263. The van der Waals surface area contributed by atoms with Crippen LogP contribution in [0.3, 0.4) is 0 Å². The van der Waals surface area contributed by atoms with Crippen LogP contribution in [0.2, 0.25) is 0 Å². The number of nitrogens with zero attached hydrogens (tertiary/aromatic N) is 1. The molecule has 1 heterocycles. The highest BCUT2D eigenvalue weighted by molar-refractivity contribution is 5.92. The van der Waals surface area contributed by atoms with Crippen molar-refractivity contribution in [2.24, 2.45) is 5.73 Å². The van der Waals surface area contributed by atoms with Gasteiger partial charge in [-0.1, -0.05) is 42.5 Å². The maximum atomic E-state index is 11.9. The van der Waals surface area contributed by atoms with Gasteiger partial charge in [-0.3, -0.25) is 4.79 Å². The SMILES string of the molecule is NC(=O)c1cccc(COCC2CN(Cc3ccccc3)C(=O)O2)c1. The molecule has 1 atom stereocenters. The molecule has 1 unspecified atom stereocenters. The first kappa shape index (κ1) is 17.0. The number of nitrogens with two attached hydrogens (primary N) is 1. The minimum absolute atomic E-state index is 0.296. The molecule has 0 bridgehead atoms. The monoisotopic (exact) mass is 340 g/mol. The van der Waals surface area contributed by atoms with E-state index in [1.165, 1.54) is 0 Å². The van der Waals surface area contributed by atoms with E-state index in [1.54, 1.807) is 23.1 Å². The third-order valence-corrected chi connectivity index (χ3v) is 3.95. The van der Waals surface area contributed by atoms with Crippen LogP contribution >= 0.6 is 0 Å². The first-order valence-corrected chi connectivity index (χ1v) is 8.08. The van der Waals surface area contributed by atoms with Crippen LogP contribution in [0.25, 0.3) is 0 Å². The third-order valence-electron chi connectivity index (χ3n) is 3.95. The molecule has 6 heteroatoms. The van der Waals surface area contributed by atoms with Crippen LogP contribution in [-0.4, -0.2) is 36.2 Å². The smallest absolute Gasteiger partial charge is 0.410 e. The Morgan fingerprint density at radius 2 is 1.92 bits per heavy atom. The molecule has 0 aliphatic carbocycles. The summed E-state index contributed by atoms with van der Waals surface area (Å²) in [6.45, 7) is 1.65. The van der Waals surface area contributed by atoms with Gasteiger partial charge in [-0.25, -0.2) is 4.79 Å². The van der Waals surface area contributed by atoms with Crippen molar-refractivity contribution in [3.8, 4) is 0 Å². The third kappa shape index (κ3) is 4.58. The Morgan fingerprint density at radius 3 is 2.68 bits per heavy atom. The highest BCUT2D eigenvalue weighted by atomic mass is 16.6. The summed E-state index contributed by atoms with van der Waals surface area (Å²) >= 11 is 0. The Kier molecular flexibility index (Phi) is 5.30. The lowest BCUT2D eigenvalue weighted by Gasteiger charge is -2.13. The number of primary amides is 1. The van der Waals surface area contributed by atoms with E-state index in [4.69, 9.17) is 15.2 Å². The second-order valence-corrected chi connectivity index (χ2v) is 5.95. The summed E-state index contributed by atoms with van der Waals surface area (Å²) in [4.78, 5) is 24.8. The molecular formula is C19H20N2O4. The molecule has 1 saturated heterocycles. The van der Waals surface area contributed by atoms with Crippen LogP contribution in [0.5, 0.6) is 0 Å². The summed E-state index contributed by atoms with van der Waals surface area (Å²) in [7, 11) is 0. The summed E-state index contributed by atoms with van der Waals surface area (Å²) in [6, 6.07) is 16.7. The van der Waals surface area contributed by atoms with Gasteiger partial charge in [0.1, 0.15) is 6.10 Å². The van der Waals surface area contributed by atoms with E-state index in [-0.39, 0.29) is 12.2 Å². The van der Waals surface area contributed by atoms with Crippen molar-refractivity contribution < 1.29 is 19.1 Å². The largest absolute Gasteiger partial charge is 0.442 e. The summed E-state index contributed by atoms with van der Waals surface area (Å²) < 4.78 is 11.0. The summed E-state index contributed by atoms with van der Waals surface area (Å²) in [5.74, 6) is -0.469. The Hall–Kier alpha value is -2.86. The standard InChI is InChI=1S/C19H20N2O4/c20-18(22)16-8-4-7-15(9-16)12-24-13-17-11-21(19(23)25-17)10-14-5-2-1-3-6-14/h1-9,17H,10-13H2,(H2,20,22). The quantitative estimate of drug-likeness (QED) is 0.839. The normalized spacial score (nSPS) is 16.7. The van der Waals surface area contributed by atoms with Crippen molar-refractivity contribution in [1.29, 1.82) is 0 Å². The second-order valence-electron chi connectivity index (χ2n) is 5.95. The van der Waals surface area contributed by atoms with Crippen molar-refractivity contribution in [1.82, 2.24) is 4.90 Å². The van der Waals surface area contributed by atoms with Crippen LogP contribution in [0.15, 0.2) is 54.6 Å². The van der Waals surface area contributed by atoms with Crippen molar-refractivity contribution in [3.05, 3.63) is 71.3 Å². The van der Waals surface area contributed by atoms with E-state index in [9.17, 15) is 9.59 Å². The first-order valence-electron chi connectivity index (χ1n) is 8.08. The number of amides is 2. The molecular weight excluding hydrogens is 320 g/mol. The van der Waals surface area contributed by atoms with Crippen molar-refractivity contribution in [2.75, 3.05) is 13.2 Å². The zero-order valence-corrected chi connectivity index (χ0v) is 13.8. The number of hydrogen-bond donors (Lipinski definition) is 1. The zero-order valence-electron chi connectivity index (χ0n) is 13.8. The molecule has 1 fully saturated rings. The van der Waals surface area contributed by atoms with Crippen LogP contribution < -0.4 is 5.73 Å². The number of cyclic esters (lactones) is 1. The van der Waals surface area contributed by atoms with Gasteiger partial charge in [0.15, 0.2) is 0 Å². The van der Waals surface area contributed by atoms with Gasteiger partial charge in [0.05, 0.1) is 19.8 Å². The fourth-order valence-electron chi connectivity index (χ4n) is 2.72. The summed E-state index contributed by atoms with van der Waals surface area (Å²) in [5, 5.41) is 0. The Labute approximate surface area is 146 Å². The van der Waals surface area contributed by atoms with Gasteiger partial charge in [0.2, 0.25) is 5.91 Å². The molecule has 2 amide bonds. The number of rotatable bonds is 7. The zero-order chi connectivity index (χ0) is 17.6. The van der Waals surface area contributed by atoms with Gasteiger partial charge in [-0.15, -0.1) is 0 Å². The molecule has 2 N–H and O–H groups in total. The Morgan fingerprint density at radius 1 is 1.16 bits per heavy atom. The van der Waals surface area contributed by atoms with Gasteiger partial charge < -0.3 is 20.1 Å². The van der Waals surface area contributed by atoms with E-state index in [1.807, 2.05) is 36.4 Å². The van der Waals surface area contributed by atoms with E-state index in [2.05, 4.69) is 0 Å². The molecule has 0 saturated carbocycles. The van der Waals surface area contributed by atoms with Crippen LogP contribution in [0, 0.1) is 0 Å². The number of carbonyl (C=O) groups excluding carboxylic acids is 2. The average Bonchev–Trinajstić information content (AvgIpc) is 2.95. The molecule has 0 aromatic heterocycles. The fourth-order valence-corrected chi connectivity index (χ4v) is 2.72. The maximum absolute atomic E-state index is 11.9. The minimum atomic E-state index is -0.469. The molecule has 0 radical (unpaired) electrons. The molecule has 1 aliphatic rings. The number of hydrogen-bond acceptors (Lipinski definition) is 4. The Balaban J connectivity index is 1.47. The van der Waals surface area contributed by atoms with Crippen molar-refractivity contribution in [3.63, 3.8) is 0 Å². The molecule has 2 aromatic rings. The number of ether oxygens (including phenoxy) is 2. The van der Waals surface area contributed by atoms with Gasteiger partial charge in [-0.05, 0) is 23.3 Å². The van der Waals surface area contributed by atoms with Crippen LogP contribution in [0.4, 0.5) is 4.79 Å².